The van der Waals surface area contributed by atoms with E-state index in [-0.39, 0.29) is 5.82 Å². The molecule has 3 rings (SSSR count). The molecule has 1 fully saturated rings. The fraction of sp³-hybridized carbons (Fsp3) is 0.455. The normalized spacial score (nSPS) is 28.2. The number of nitrogens with two attached hydrogens (primary N) is 1. The molecular weight excluding hydrogens is 280 g/mol. The van der Waals surface area contributed by atoms with Crippen LogP contribution in [0.25, 0.3) is 11.2 Å². The maximum atomic E-state index is 9.95. The number of aliphatic hydroxyl groups excluding tert-OH is 3. The van der Waals surface area contributed by atoms with Gasteiger partial charge in [-0.3, -0.25) is 4.57 Å². The molecule has 1 aliphatic rings. The van der Waals surface area contributed by atoms with Crippen LogP contribution in [0.5, 0.6) is 0 Å². The van der Waals surface area contributed by atoms with Gasteiger partial charge in [-0.05, 0) is 0 Å². The molecule has 2 aromatic heterocycles. The molecule has 0 spiro atoms. The second-order valence-electron chi connectivity index (χ2n) is 4.31. The largest absolute Gasteiger partial charge is 0.394 e. The van der Waals surface area contributed by atoms with Crippen molar-refractivity contribution in [2.45, 2.75) is 24.5 Å². The Morgan fingerprint density at radius 2 is 2.00 bits per heavy atom. The van der Waals surface area contributed by atoms with Crippen molar-refractivity contribution in [3.63, 3.8) is 0 Å². The lowest BCUT2D eigenvalue weighted by Crippen LogP contribution is -2.33. The Hall–Kier alpha value is -2.32. The summed E-state index contributed by atoms with van der Waals surface area (Å²) in [6, 6.07) is 0. The molecule has 0 aromatic carbocycles. The van der Waals surface area contributed by atoms with Crippen LogP contribution in [-0.2, 0) is 4.74 Å². The Bertz CT molecular complexity index is 644. The highest BCUT2D eigenvalue weighted by molar-refractivity contribution is 5.81. The summed E-state index contributed by atoms with van der Waals surface area (Å²) in [5.74, 6) is 0.218. The minimum absolute atomic E-state index is 0.218. The van der Waals surface area contributed by atoms with Gasteiger partial charge in [0, 0.05) is 6.57 Å². The Morgan fingerprint density at radius 3 is 2.62 bits per heavy atom. The highest BCUT2D eigenvalue weighted by Crippen LogP contribution is 2.31. The zero-order chi connectivity index (χ0) is 15.6. The molecule has 112 valence electrons. The number of imidazole rings is 1. The number of aromatic nitrogens is 4. The molecule has 21 heavy (non-hydrogen) atoms. The van der Waals surface area contributed by atoms with E-state index < -0.39 is 31.1 Å². The van der Waals surface area contributed by atoms with Crippen LogP contribution in [-0.4, -0.2) is 59.8 Å². The first-order valence-corrected chi connectivity index (χ1v) is 5.94. The van der Waals surface area contributed by atoms with E-state index in [9.17, 15) is 10.2 Å². The second kappa shape index (κ2) is 5.98. The lowest BCUT2D eigenvalue weighted by atomic mass is 10.1. The van der Waals surface area contributed by atoms with Gasteiger partial charge in [0.05, 0.1) is 12.9 Å². The van der Waals surface area contributed by atoms with E-state index in [0.717, 1.165) is 0 Å². The van der Waals surface area contributed by atoms with E-state index >= 15 is 0 Å². The minimum Gasteiger partial charge on any atom is -0.394 e. The van der Waals surface area contributed by atoms with E-state index in [2.05, 4.69) is 21.5 Å². The van der Waals surface area contributed by atoms with Crippen molar-refractivity contribution in [3.8, 4) is 6.57 Å². The molecule has 5 N–H and O–H groups in total. The predicted molar refractivity (Wildman–Crippen MR) is 69.4 cm³/mol. The van der Waals surface area contributed by atoms with Crippen molar-refractivity contribution in [3.05, 3.63) is 12.7 Å². The van der Waals surface area contributed by atoms with Gasteiger partial charge in [-0.1, -0.05) is 0 Å². The molecule has 0 aliphatic carbocycles. The minimum atomic E-state index is -1.19. The first-order chi connectivity index (χ1) is 10.1. The van der Waals surface area contributed by atoms with Gasteiger partial charge in [0.25, 0.3) is 0 Å². The van der Waals surface area contributed by atoms with Gasteiger partial charge in [-0.2, -0.15) is 0 Å². The topological polar surface area (TPSA) is 163 Å². The lowest BCUT2D eigenvalue weighted by molar-refractivity contribution is -0.0511. The van der Waals surface area contributed by atoms with Gasteiger partial charge in [0.15, 0.2) is 17.7 Å². The third-order valence-electron chi connectivity index (χ3n) is 3.18. The van der Waals surface area contributed by atoms with Gasteiger partial charge in [-0.15, -0.1) is 0 Å². The van der Waals surface area contributed by atoms with Gasteiger partial charge in [-0.25, -0.2) is 20.2 Å². The summed E-state index contributed by atoms with van der Waals surface area (Å²) in [6.07, 6.45) is -1.42. The molecule has 0 saturated carbocycles. The number of nitrogens with zero attached hydrogens (tertiary/aromatic N) is 5. The SMILES string of the molecule is C#N.Nc1ncnc2c1ncn2[C@@H]1O[C@H](CO)[C@@H](O)[C@H]1O. The van der Waals surface area contributed by atoms with Crippen molar-refractivity contribution in [1.29, 1.82) is 5.26 Å². The van der Waals surface area contributed by atoms with Crippen LogP contribution in [0, 0.1) is 11.8 Å². The number of rotatable bonds is 2. The molecule has 4 atom stereocenters. The molecule has 0 unspecified atom stereocenters. The molecule has 0 bridgehead atoms. The lowest BCUT2D eigenvalue weighted by Gasteiger charge is -2.16. The predicted octanol–water partition coefficient (Wildman–Crippen LogP) is -1.84. The molecule has 1 saturated heterocycles. The number of aliphatic hydroxyl groups is 3. The number of nitriles is 1. The van der Waals surface area contributed by atoms with Crippen molar-refractivity contribution in [1.82, 2.24) is 19.5 Å². The number of hydrogen-bond donors (Lipinski definition) is 4. The number of ether oxygens (including phenoxy) is 1. The Morgan fingerprint density at radius 1 is 1.29 bits per heavy atom. The highest BCUT2D eigenvalue weighted by atomic mass is 16.6. The van der Waals surface area contributed by atoms with Gasteiger partial charge < -0.3 is 25.8 Å². The van der Waals surface area contributed by atoms with Crippen molar-refractivity contribution < 1.29 is 20.1 Å². The summed E-state index contributed by atoms with van der Waals surface area (Å²) in [4.78, 5) is 11.9. The summed E-state index contributed by atoms with van der Waals surface area (Å²) >= 11 is 0. The molecule has 10 heteroatoms. The fourth-order valence-electron chi connectivity index (χ4n) is 2.17. The van der Waals surface area contributed by atoms with Gasteiger partial charge in [0.2, 0.25) is 0 Å². The van der Waals surface area contributed by atoms with Crippen molar-refractivity contribution in [2.24, 2.45) is 0 Å². The monoisotopic (exact) mass is 294 g/mol. The quantitative estimate of drug-likeness (QED) is 0.498. The molecular formula is C11H14N6O4. The molecule has 10 nitrogen and oxygen atoms in total. The van der Waals surface area contributed by atoms with Crippen LogP contribution >= 0.6 is 0 Å². The van der Waals surface area contributed by atoms with Crippen LogP contribution in [0.3, 0.4) is 0 Å². The smallest absolute Gasteiger partial charge is 0.167 e. The summed E-state index contributed by atoms with van der Waals surface area (Å²) in [5.41, 5.74) is 6.44. The Labute approximate surface area is 119 Å². The van der Waals surface area contributed by atoms with Crippen LogP contribution < -0.4 is 5.73 Å². The third-order valence-corrected chi connectivity index (χ3v) is 3.18. The molecule has 3 heterocycles. The summed E-state index contributed by atoms with van der Waals surface area (Å²) < 4.78 is 6.85. The summed E-state index contributed by atoms with van der Waals surface area (Å²) in [6.45, 7) is 3.11. The summed E-state index contributed by atoms with van der Waals surface area (Å²) in [5, 5.41) is 35.2. The Balaban J connectivity index is 0.000000774. The number of nitrogen functional groups attached to an aromatic ring is 1. The average Bonchev–Trinajstić information content (AvgIpc) is 3.05. The first-order valence-electron chi connectivity index (χ1n) is 5.94. The van der Waals surface area contributed by atoms with E-state index in [0.29, 0.717) is 11.2 Å². The maximum Gasteiger partial charge on any atom is 0.167 e. The summed E-state index contributed by atoms with van der Waals surface area (Å²) in [7, 11) is 0. The van der Waals surface area contributed by atoms with E-state index in [1.165, 1.54) is 17.2 Å². The van der Waals surface area contributed by atoms with Crippen LogP contribution in [0.4, 0.5) is 5.82 Å². The van der Waals surface area contributed by atoms with Gasteiger partial charge >= 0.3 is 0 Å². The standard InChI is InChI=1S/C10H13N5O4.CHN/c11-8-5-9(13-2-12-8)15(3-14-5)10-7(18)6(17)4(1-16)19-10;1-2/h2-4,6-7,10,16-18H,1H2,(H2,11,12,13);1H/t4-,6-,7-,10-;/m1./s1. The fourth-order valence-corrected chi connectivity index (χ4v) is 2.17. The number of fused-ring (bicyclic) bond motifs is 1. The van der Waals surface area contributed by atoms with Crippen LogP contribution in [0.15, 0.2) is 12.7 Å². The zero-order valence-electron chi connectivity index (χ0n) is 10.8. The second-order valence-corrected chi connectivity index (χ2v) is 4.31. The average molecular weight is 294 g/mol. The van der Waals surface area contributed by atoms with Crippen LogP contribution in [0.1, 0.15) is 6.23 Å². The highest BCUT2D eigenvalue weighted by Gasteiger charge is 2.43. The maximum absolute atomic E-state index is 9.95. The molecule has 0 radical (unpaired) electrons. The Kier molecular flexibility index (Phi) is 4.29. The molecule has 1 aliphatic heterocycles. The van der Waals surface area contributed by atoms with E-state index in [1.807, 2.05) is 0 Å². The van der Waals surface area contributed by atoms with Gasteiger partial charge in [0.1, 0.15) is 30.2 Å². The van der Waals surface area contributed by atoms with Crippen molar-refractivity contribution in [2.75, 3.05) is 12.3 Å². The van der Waals surface area contributed by atoms with E-state index in [1.54, 1.807) is 0 Å². The zero-order valence-corrected chi connectivity index (χ0v) is 10.8. The molecule has 2 aromatic rings. The van der Waals surface area contributed by atoms with E-state index in [4.69, 9.17) is 20.8 Å². The number of hydrogen-bond acceptors (Lipinski definition) is 9. The van der Waals surface area contributed by atoms with Crippen molar-refractivity contribution >= 4 is 17.0 Å². The third kappa shape index (κ3) is 2.39. The number of anilines is 1. The first kappa shape index (κ1) is 15.1. The van der Waals surface area contributed by atoms with Crippen LogP contribution in [0.2, 0.25) is 0 Å². The molecule has 0 amide bonds.